The van der Waals surface area contributed by atoms with Crippen molar-refractivity contribution in [3.63, 3.8) is 0 Å². The van der Waals surface area contributed by atoms with E-state index in [4.69, 9.17) is 21.7 Å². The van der Waals surface area contributed by atoms with Gasteiger partial charge >= 0.3 is 0 Å². The Kier molecular flexibility index (Phi) is 5.72. The van der Waals surface area contributed by atoms with Crippen molar-refractivity contribution in [2.75, 3.05) is 19.3 Å². The lowest BCUT2D eigenvalue weighted by molar-refractivity contribution is 0.340. The van der Waals surface area contributed by atoms with Crippen LogP contribution in [-0.4, -0.2) is 39.9 Å². The van der Waals surface area contributed by atoms with Gasteiger partial charge in [0.1, 0.15) is 5.75 Å². The molecule has 0 saturated carbocycles. The van der Waals surface area contributed by atoms with Crippen LogP contribution >= 0.6 is 12.2 Å². The standard InChI is InChI=1S/C18H19N5O3S/c1-3-26-14-7-5-13(6-8-14)17-20-21-18(27)23(17)22-19-11-12-4-9-15(24)16(10-12)25-2/h4-11,22,24H,3H2,1-2H3,(H,21,27)/b19-11+. The van der Waals surface area contributed by atoms with Crippen molar-refractivity contribution in [3.05, 3.63) is 52.8 Å². The molecule has 1 heterocycles. The molecule has 8 nitrogen and oxygen atoms in total. The van der Waals surface area contributed by atoms with Gasteiger partial charge in [0, 0.05) is 5.56 Å². The van der Waals surface area contributed by atoms with Gasteiger partial charge in [-0.25, -0.2) is 10.6 Å². The predicted octanol–water partition coefficient (Wildman–Crippen LogP) is 3.30. The molecule has 2 aromatic carbocycles. The number of nitrogens with zero attached hydrogens (tertiary/aromatic N) is 3. The van der Waals surface area contributed by atoms with Gasteiger partial charge in [0.2, 0.25) is 4.77 Å². The van der Waals surface area contributed by atoms with E-state index in [-0.39, 0.29) is 5.75 Å². The Labute approximate surface area is 161 Å². The Hall–Kier alpha value is -3.33. The van der Waals surface area contributed by atoms with Crippen molar-refractivity contribution >= 4 is 18.4 Å². The largest absolute Gasteiger partial charge is 0.504 e. The number of hydrogen-bond donors (Lipinski definition) is 3. The summed E-state index contributed by atoms with van der Waals surface area (Å²) in [4.78, 5) is 0. The summed E-state index contributed by atoms with van der Waals surface area (Å²) in [6, 6.07) is 12.4. The highest BCUT2D eigenvalue weighted by Crippen LogP contribution is 2.25. The van der Waals surface area contributed by atoms with Crippen LogP contribution in [0.15, 0.2) is 47.6 Å². The van der Waals surface area contributed by atoms with Crippen molar-refractivity contribution in [1.29, 1.82) is 0 Å². The van der Waals surface area contributed by atoms with Crippen molar-refractivity contribution in [2.24, 2.45) is 5.10 Å². The third-order valence-electron chi connectivity index (χ3n) is 3.67. The predicted molar refractivity (Wildman–Crippen MR) is 106 cm³/mol. The summed E-state index contributed by atoms with van der Waals surface area (Å²) >= 11 is 5.26. The lowest BCUT2D eigenvalue weighted by Gasteiger charge is -2.07. The second-order valence-corrected chi connectivity index (χ2v) is 5.82. The summed E-state index contributed by atoms with van der Waals surface area (Å²) in [6.45, 7) is 2.54. The molecular weight excluding hydrogens is 366 g/mol. The summed E-state index contributed by atoms with van der Waals surface area (Å²) in [5.74, 6) is 1.81. The smallest absolute Gasteiger partial charge is 0.216 e. The fourth-order valence-electron chi connectivity index (χ4n) is 2.39. The van der Waals surface area contributed by atoms with Crippen LogP contribution in [0.4, 0.5) is 0 Å². The van der Waals surface area contributed by atoms with Crippen LogP contribution in [0.5, 0.6) is 17.2 Å². The number of phenolic OH excluding ortho intramolecular Hbond substituents is 1. The molecule has 1 aromatic heterocycles. The van der Waals surface area contributed by atoms with Crippen LogP contribution in [-0.2, 0) is 0 Å². The van der Waals surface area contributed by atoms with E-state index < -0.39 is 0 Å². The fourth-order valence-corrected chi connectivity index (χ4v) is 2.56. The first kappa shape index (κ1) is 18.5. The van der Waals surface area contributed by atoms with E-state index >= 15 is 0 Å². The summed E-state index contributed by atoms with van der Waals surface area (Å²) in [6.07, 6.45) is 1.58. The van der Waals surface area contributed by atoms with Crippen molar-refractivity contribution in [2.45, 2.75) is 6.92 Å². The molecule has 0 radical (unpaired) electrons. The van der Waals surface area contributed by atoms with E-state index in [0.717, 1.165) is 16.9 Å². The average molecular weight is 385 g/mol. The molecule has 0 unspecified atom stereocenters. The highest BCUT2D eigenvalue weighted by Gasteiger charge is 2.08. The minimum atomic E-state index is 0.0671. The monoisotopic (exact) mass is 385 g/mol. The summed E-state index contributed by atoms with van der Waals surface area (Å²) < 4.78 is 12.5. The highest BCUT2D eigenvalue weighted by atomic mass is 32.1. The molecule has 3 N–H and O–H groups in total. The number of hydrogen-bond acceptors (Lipinski definition) is 7. The van der Waals surface area contributed by atoms with E-state index in [1.54, 1.807) is 23.0 Å². The van der Waals surface area contributed by atoms with E-state index in [2.05, 4.69) is 20.8 Å². The molecule has 9 heteroatoms. The summed E-state index contributed by atoms with van der Waals surface area (Å²) in [5.41, 5.74) is 4.45. The Morgan fingerprint density at radius 2 is 2.07 bits per heavy atom. The van der Waals surface area contributed by atoms with Gasteiger partial charge in [-0.1, -0.05) is 0 Å². The third kappa shape index (κ3) is 4.26. The number of ether oxygens (including phenoxy) is 2. The number of hydrazone groups is 1. The van der Waals surface area contributed by atoms with Gasteiger partial charge in [-0.15, -0.1) is 0 Å². The van der Waals surface area contributed by atoms with Gasteiger partial charge in [0.25, 0.3) is 0 Å². The molecule has 0 saturated heterocycles. The van der Waals surface area contributed by atoms with Gasteiger partial charge in [-0.05, 0) is 67.2 Å². The van der Waals surface area contributed by atoms with E-state index in [0.29, 0.717) is 23.0 Å². The molecule has 0 aliphatic carbocycles. The fraction of sp³-hybridized carbons (Fsp3) is 0.167. The first-order valence-corrected chi connectivity index (χ1v) is 8.60. The number of phenols is 1. The van der Waals surface area contributed by atoms with Crippen LogP contribution in [0.1, 0.15) is 12.5 Å². The SMILES string of the molecule is CCOc1ccc(-c2n[nH]c(=S)n2N/N=C/c2ccc(O)c(OC)c2)cc1. The minimum absolute atomic E-state index is 0.0671. The average Bonchev–Trinajstić information content (AvgIpc) is 3.05. The number of rotatable bonds is 7. The topological polar surface area (TPSA) is 96.7 Å². The van der Waals surface area contributed by atoms with Crippen LogP contribution in [0.3, 0.4) is 0 Å². The number of H-pyrrole nitrogens is 1. The normalized spacial score (nSPS) is 10.9. The third-order valence-corrected chi connectivity index (χ3v) is 3.94. The van der Waals surface area contributed by atoms with Crippen molar-refractivity contribution < 1.29 is 14.6 Å². The quantitative estimate of drug-likeness (QED) is 0.328. The zero-order chi connectivity index (χ0) is 19.2. The van der Waals surface area contributed by atoms with Crippen molar-refractivity contribution in [3.8, 4) is 28.6 Å². The summed E-state index contributed by atoms with van der Waals surface area (Å²) in [7, 11) is 1.49. The van der Waals surface area contributed by atoms with E-state index in [9.17, 15) is 5.11 Å². The Bertz CT molecular complexity index is 995. The van der Waals surface area contributed by atoms with Crippen molar-refractivity contribution in [1.82, 2.24) is 14.9 Å². The lowest BCUT2D eigenvalue weighted by Crippen LogP contribution is -2.10. The zero-order valence-electron chi connectivity index (χ0n) is 14.8. The molecule has 0 fully saturated rings. The number of aromatic amines is 1. The molecule has 0 atom stereocenters. The molecule has 0 amide bonds. The Morgan fingerprint density at radius 1 is 1.30 bits per heavy atom. The Balaban J connectivity index is 1.80. The molecule has 27 heavy (non-hydrogen) atoms. The molecule has 0 aliphatic heterocycles. The van der Waals surface area contributed by atoms with Crippen LogP contribution in [0.2, 0.25) is 0 Å². The molecule has 140 valence electrons. The van der Waals surface area contributed by atoms with Crippen LogP contribution < -0.4 is 15.0 Å². The minimum Gasteiger partial charge on any atom is -0.504 e. The number of methoxy groups -OCH3 is 1. The lowest BCUT2D eigenvalue weighted by atomic mass is 10.2. The maximum absolute atomic E-state index is 9.64. The van der Waals surface area contributed by atoms with Crippen LogP contribution in [0.25, 0.3) is 11.4 Å². The number of nitrogens with one attached hydrogen (secondary N) is 2. The number of aromatic hydroxyl groups is 1. The molecule has 0 spiro atoms. The maximum Gasteiger partial charge on any atom is 0.216 e. The second kappa shape index (κ2) is 8.37. The van der Waals surface area contributed by atoms with Gasteiger partial charge in [0.15, 0.2) is 17.3 Å². The van der Waals surface area contributed by atoms with E-state index in [1.165, 1.54) is 13.2 Å². The van der Waals surface area contributed by atoms with Gasteiger partial charge in [-0.2, -0.15) is 14.9 Å². The van der Waals surface area contributed by atoms with Gasteiger partial charge < -0.3 is 14.6 Å². The highest BCUT2D eigenvalue weighted by molar-refractivity contribution is 7.71. The molecule has 3 rings (SSSR count). The number of aromatic nitrogens is 3. The van der Waals surface area contributed by atoms with E-state index in [1.807, 2.05) is 31.2 Å². The molecule has 3 aromatic rings. The molecular formula is C18H19N5O3S. The first-order chi connectivity index (χ1) is 13.1. The molecule has 0 bridgehead atoms. The summed E-state index contributed by atoms with van der Waals surface area (Å²) in [5, 5.41) is 20.8. The Morgan fingerprint density at radius 3 is 2.78 bits per heavy atom. The zero-order valence-corrected chi connectivity index (χ0v) is 15.7. The maximum atomic E-state index is 9.64. The van der Waals surface area contributed by atoms with Gasteiger partial charge in [0.05, 0.1) is 19.9 Å². The van der Waals surface area contributed by atoms with Gasteiger partial charge in [-0.3, -0.25) is 0 Å². The molecule has 0 aliphatic rings. The second-order valence-electron chi connectivity index (χ2n) is 5.43. The van der Waals surface area contributed by atoms with Crippen LogP contribution in [0, 0.1) is 4.77 Å². The first-order valence-electron chi connectivity index (χ1n) is 8.19. The number of benzene rings is 2.